The van der Waals surface area contributed by atoms with Crippen LogP contribution in [0, 0.1) is 0 Å². The lowest BCUT2D eigenvalue weighted by Gasteiger charge is -2.24. The van der Waals surface area contributed by atoms with Gasteiger partial charge in [-0.1, -0.05) is 36.4 Å². The van der Waals surface area contributed by atoms with Gasteiger partial charge < -0.3 is 25.7 Å². The first-order chi connectivity index (χ1) is 14.2. The number of phenols is 1. The molecule has 0 aliphatic heterocycles. The Kier molecular flexibility index (Phi) is 5.89. The number of hydrogen-bond acceptors (Lipinski definition) is 7. The maximum atomic E-state index is 12.2. The van der Waals surface area contributed by atoms with Crippen LogP contribution in [0.1, 0.15) is 28.9 Å². The molecule has 0 radical (unpaired) electrons. The third-order valence-corrected chi connectivity index (χ3v) is 4.83. The molecule has 30 heavy (non-hydrogen) atoms. The van der Waals surface area contributed by atoms with Crippen molar-refractivity contribution < 1.29 is 15.0 Å². The summed E-state index contributed by atoms with van der Waals surface area (Å²) in [5, 5.41) is 26.6. The van der Waals surface area contributed by atoms with Gasteiger partial charge >= 0.3 is 0 Å². The van der Waals surface area contributed by atoms with Crippen LogP contribution in [0.2, 0.25) is 0 Å². The number of aromatic hydroxyl groups is 1. The van der Waals surface area contributed by atoms with Crippen molar-refractivity contribution in [1.82, 2.24) is 4.90 Å². The van der Waals surface area contributed by atoms with Crippen LogP contribution in [0.3, 0.4) is 0 Å². The molecule has 2 atom stereocenters. The van der Waals surface area contributed by atoms with Gasteiger partial charge in [0.1, 0.15) is 11.4 Å². The lowest BCUT2D eigenvalue weighted by molar-refractivity contribution is 0.0824. The minimum Gasteiger partial charge on any atom is -0.505 e. The van der Waals surface area contributed by atoms with Crippen LogP contribution >= 0.6 is 0 Å². The Morgan fingerprint density at radius 1 is 0.967 bits per heavy atom. The van der Waals surface area contributed by atoms with E-state index in [9.17, 15) is 24.6 Å². The zero-order valence-electron chi connectivity index (χ0n) is 16.8. The summed E-state index contributed by atoms with van der Waals surface area (Å²) in [5.74, 6) is -0.730. The first-order valence-corrected chi connectivity index (χ1v) is 9.35. The lowest BCUT2D eigenvalue weighted by atomic mass is 10.0. The Hall–Kier alpha value is -3.65. The monoisotopic (exact) mass is 409 g/mol. The molecule has 0 aromatic heterocycles. The summed E-state index contributed by atoms with van der Waals surface area (Å²) >= 11 is 0. The van der Waals surface area contributed by atoms with E-state index in [1.807, 2.05) is 6.07 Å². The molecule has 0 heterocycles. The van der Waals surface area contributed by atoms with Crippen LogP contribution in [0.15, 0.2) is 58.1 Å². The number of hydrogen-bond donors (Lipinski definition) is 4. The van der Waals surface area contributed by atoms with E-state index < -0.39 is 28.9 Å². The van der Waals surface area contributed by atoms with E-state index in [0.29, 0.717) is 5.56 Å². The van der Waals surface area contributed by atoms with E-state index >= 15 is 0 Å². The van der Waals surface area contributed by atoms with Crippen molar-refractivity contribution in [2.75, 3.05) is 24.7 Å². The Labute approximate surface area is 173 Å². The molecular formula is C22H23N3O5. The van der Waals surface area contributed by atoms with Crippen molar-refractivity contribution in [3.05, 3.63) is 80.1 Å². The van der Waals surface area contributed by atoms with Crippen LogP contribution in [-0.2, 0) is 0 Å². The van der Waals surface area contributed by atoms with Gasteiger partial charge in [-0.3, -0.25) is 14.4 Å². The second-order valence-electron chi connectivity index (χ2n) is 7.22. The Bertz CT molecular complexity index is 1130. The van der Waals surface area contributed by atoms with E-state index in [1.54, 1.807) is 51.4 Å². The number of carbonyl (C=O) groups is 1. The van der Waals surface area contributed by atoms with E-state index in [4.69, 9.17) is 0 Å². The third-order valence-electron chi connectivity index (χ3n) is 4.83. The Balaban J connectivity index is 1.84. The maximum Gasteiger partial charge on any atom is 0.257 e. The molecule has 0 fully saturated rings. The Morgan fingerprint density at radius 2 is 1.60 bits per heavy atom. The third kappa shape index (κ3) is 3.90. The molecule has 0 saturated heterocycles. The van der Waals surface area contributed by atoms with E-state index in [0.717, 1.165) is 0 Å². The van der Waals surface area contributed by atoms with Crippen molar-refractivity contribution in [1.29, 1.82) is 0 Å². The first-order valence-electron chi connectivity index (χ1n) is 9.35. The molecule has 8 nitrogen and oxygen atoms in total. The normalized spacial score (nSPS) is 12.9. The molecule has 0 aliphatic rings. The van der Waals surface area contributed by atoms with E-state index in [-0.39, 0.29) is 28.4 Å². The second-order valence-corrected chi connectivity index (χ2v) is 7.22. The zero-order chi connectivity index (χ0) is 22.0. The van der Waals surface area contributed by atoms with Crippen molar-refractivity contribution in [3.8, 4) is 5.75 Å². The molecular weight excluding hydrogens is 386 g/mol. The van der Waals surface area contributed by atoms with Crippen LogP contribution in [0.25, 0.3) is 0 Å². The highest BCUT2D eigenvalue weighted by Crippen LogP contribution is 2.32. The molecule has 156 valence electrons. The van der Waals surface area contributed by atoms with E-state index in [1.165, 1.54) is 17.0 Å². The number of para-hydroxylation sites is 1. The molecule has 3 aromatic carbocycles. The summed E-state index contributed by atoms with van der Waals surface area (Å²) in [6.45, 7) is 1.69. The highest BCUT2D eigenvalue weighted by Gasteiger charge is 2.26. The average molecular weight is 409 g/mol. The number of phenolic OH excluding ortho intramolecular Hbond substituents is 1. The summed E-state index contributed by atoms with van der Waals surface area (Å²) in [5.41, 5.74) is -0.631. The highest BCUT2D eigenvalue weighted by atomic mass is 16.3. The standard InChI is InChI=1S/C22H23N3O5/c1-12(18(26)13-8-5-4-6-9-13)23-16-17(21(29)20(16)28)24-15-11-7-10-14(19(15)27)22(30)25(2)3/h4-12,18,23-24,26-27H,1-3H3/t12-,18-/m1/s1. The number of benzene rings is 2. The number of aliphatic hydroxyl groups excluding tert-OH is 1. The van der Waals surface area contributed by atoms with Gasteiger partial charge in [-0.25, -0.2) is 0 Å². The smallest absolute Gasteiger partial charge is 0.257 e. The summed E-state index contributed by atoms with van der Waals surface area (Å²) in [6, 6.07) is 12.9. The van der Waals surface area contributed by atoms with E-state index in [2.05, 4.69) is 10.6 Å². The maximum absolute atomic E-state index is 12.2. The number of anilines is 3. The van der Waals surface area contributed by atoms with Crippen LogP contribution in [0.5, 0.6) is 5.75 Å². The molecule has 1 amide bonds. The van der Waals surface area contributed by atoms with Gasteiger partial charge in [0, 0.05) is 14.1 Å². The topological polar surface area (TPSA) is 119 Å². The quantitative estimate of drug-likeness (QED) is 0.348. The number of nitrogens with zero attached hydrogens (tertiary/aromatic N) is 1. The van der Waals surface area contributed by atoms with Crippen LogP contribution in [0.4, 0.5) is 17.1 Å². The molecule has 0 bridgehead atoms. The van der Waals surface area contributed by atoms with Gasteiger partial charge in [0.05, 0.1) is 23.4 Å². The van der Waals surface area contributed by atoms with Crippen molar-refractivity contribution in [2.24, 2.45) is 0 Å². The average Bonchev–Trinajstić information content (AvgIpc) is 2.76. The van der Waals surface area contributed by atoms with Gasteiger partial charge in [0.25, 0.3) is 16.8 Å². The highest BCUT2D eigenvalue weighted by molar-refractivity contribution is 5.99. The van der Waals surface area contributed by atoms with Crippen LogP contribution < -0.4 is 21.5 Å². The Morgan fingerprint density at radius 3 is 2.23 bits per heavy atom. The number of carbonyl (C=O) groups excluding carboxylic acids is 1. The largest absolute Gasteiger partial charge is 0.505 e. The van der Waals surface area contributed by atoms with Gasteiger partial charge in [-0.15, -0.1) is 0 Å². The fourth-order valence-electron chi connectivity index (χ4n) is 3.09. The summed E-state index contributed by atoms with van der Waals surface area (Å²) in [6.07, 6.45) is -0.905. The summed E-state index contributed by atoms with van der Waals surface area (Å²) < 4.78 is 0. The molecule has 8 heteroatoms. The molecule has 0 unspecified atom stereocenters. The molecule has 4 N–H and O–H groups in total. The van der Waals surface area contributed by atoms with Crippen molar-refractivity contribution >= 4 is 23.0 Å². The molecule has 0 aliphatic carbocycles. The fourth-order valence-corrected chi connectivity index (χ4v) is 3.09. The minimum atomic E-state index is -0.905. The molecule has 0 spiro atoms. The predicted molar refractivity (Wildman–Crippen MR) is 115 cm³/mol. The minimum absolute atomic E-state index is 0.0196. The number of nitrogens with one attached hydrogen (secondary N) is 2. The van der Waals surface area contributed by atoms with Gasteiger partial charge in [0.15, 0.2) is 5.75 Å². The SMILES string of the molecule is C[C@@H](Nc1c(Nc2cccc(C(=O)N(C)C)c2O)c(=O)c1=O)[C@@H](O)c1ccccc1. The fraction of sp³-hybridized carbons (Fsp3) is 0.227. The number of rotatable bonds is 7. The zero-order valence-corrected chi connectivity index (χ0v) is 16.8. The van der Waals surface area contributed by atoms with Gasteiger partial charge in [0.2, 0.25) is 0 Å². The van der Waals surface area contributed by atoms with Crippen molar-refractivity contribution in [2.45, 2.75) is 19.1 Å². The molecule has 0 saturated carbocycles. The lowest BCUT2D eigenvalue weighted by Crippen LogP contribution is -2.39. The first kappa shape index (κ1) is 21.1. The second kappa shape index (κ2) is 8.38. The predicted octanol–water partition coefficient (Wildman–Crippen LogP) is 1.97. The number of amides is 1. The number of aliphatic hydroxyl groups is 1. The van der Waals surface area contributed by atoms with Crippen LogP contribution in [-0.4, -0.2) is 41.2 Å². The molecule has 3 aromatic rings. The summed E-state index contributed by atoms with van der Waals surface area (Å²) in [4.78, 5) is 37.7. The van der Waals surface area contributed by atoms with Gasteiger partial charge in [-0.05, 0) is 24.6 Å². The molecule has 3 rings (SSSR count). The van der Waals surface area contributed by atoms with Gasteiger partial charge in [-0.2, -0.15) is 0 Å². The summed E-state index contributed by atoms with van der Waals surface area (Å²) in [7, 11) is 3.11. The van der Waals surface area contributed by atoms with Crippen molar-refractivity contribution in [3.63, 3.8) is 0 Å².